The number of hydrogen-bond donors (Lipinski definition) is 1. The molecule has 0 spiro atoms. The Hall–Kier alpha value is -2.01. The maximum absolute atomic E-state index is 5.41. The number of aromatic nitrogens is 1. The molecule has 0 fully saturated rings. The van der Waals surface area contributed by atoms with Gasteiger partial charge in [0.1, 0.15) is 17.3 Å². The molecule has 0 aliphatic rings. The fraction of sp³-hybridized carbons (Fsp3) is 0.438. The summed E-state index contributed by atoms with van der Waals surface area (Å²) < 4.78 is 15.8. The second-order valence-corrected chi connectivity index (χ2v) is 5.02. The maximum atomic E-state index is 5.41. The fourth-order valence-electron chi connectivity index (χ4n) is 2.47. The molecule has 2 aromatic rings. The molecule has 0 aliphatic carbocycles. The van der Waals surface area contributed by atoms with E-state index in [2.05, 4.69) is 17.4 Å². The Kier molecular flexibility index (Phi) is 4.85. The first kappa shape index (κ1) is 15.4. The van der Waals surface area contributed by atoms with Crippen LogP contribution in [0.1, 0.15) is 35.5 Å². The van der Waals surface area contributed by atoms with Gasteiger partial charge in [-0.2, -0.15) is 0 Å². The van der Waals surface area contributed by atoms with Gasteiger partial charge in [0.25, 0.3) is 0 Å². The van der Waals surface area contributed by atoms with Crippen LogP contribution in [0.3, 0.4) is 0 Å². The second kappa shape index (κ2) is 6.63. The molecule has 0 saturated heterocycles. The lowest BCUT2D eigenvalue weighted by Gasteiger charge is -2.16. The molecule has 5 heteroatoms. The first-order valence-electron chi connectivity index (χ1n) is 6.93. The van der Waals surface area contributed by atoms with E-state index in [0.717, 1.165) is 34.1 Å². The first-order valence-corrected chi connectivity index (χ1v) is 6.93. The third-order valence-electron chi connectivity index (χ3n) is 3.61. The molecule has 2 rings (SSSR count). The van der Waals surface area contributed by atoms with Gasteiger partial charge in [0.15, 0.2) is 0 Å². The number of hydrogen-bond acceptors (Lipinski definition) is 5. The molecule has 0 amide bonds. The fourth-order valence-corrected chi connectivity index (χ4v) is 2.47. The number of nitrogens with zero attached hydrogens (tertiary/aromatic N) is 1. The molecule has 1 atom stereocenters. The molecule has 1 aromatic carbocycles. The summed E-state index contributed by atoms with van der Waals surface area (Å²) in [6, 6.07) is 5.98. The zero-order valence-electron chi connectivity index (χ0n) is 13.2. The van der Waals surface area contributed by atoms with Gasteiger partial charge in [-0.25, -0.2) is 0 Å². The zero-order chi connectivity index (χ0) is 15.4. The van der Waals surface area contributed by atoms with E-state index in [1.54, 1.807) is 14.2 Å². The standard InChI is InChI=1S/C16H22N2O3/c1-10(16-11(2)18-21-12(16)3)17-9-13-6-7-14(19-4)8-15(13)20-5/h6-8,10,17H,9H2,1-5H3. The molecular formula is C16H22N2O3. The Bertz CT molecular complexity index is 588. The Labute approximate surface area is 125 Å². The summed E-state index contributed by atoms with van der Waals surface area (Å²) in [5.41, 5.74) is 3.12. The van der Waals surface area contributed by atoms with Crippen molar-refractivity contribution in [3.8, 4) is 11.5 Å². The van der Waals surface area contributed by atoms with E-state index in [4.69, 9.17) is 14.0 Å². The Morgan fingerprint density at radius 2 is 2.00 bits per heavy atom. The highest BCUT2D eigenvalue weighted by Crippen LogP contribution is 2.26. The van der Waals surface area contributed by atoms with E-state index in [1.807, 2.05) is 32.0 Å². The van der Waals surface area contributed by atoms with Crippen molar-refractivity contribution in [1.29, 1.82) is 0 Å². The average Bonchev–Trinajstić information content (AvgIpc) is 2.83. The number of nitrogens with one attached hydrogen (secondary N) is 1. The second-order valence-electron chi connectivity index (χ2n) is 5.02. The van der Waals surface area contributed by atoms with Gasteiger partial charge in [-0.1, -0.05) is 11.2 Å². The number of aryl methyl sites for hydroxylation is 2. The van der Waals surface area contributed by atoms with Crippen LogP contribution in [-0.2, 0) is 6.54 Å². The van der Waals surface area contributed by atoms with Crippen LogP contribution in [0.5, 0.6) is 11.5 Å². The number of ether oxygens (including phenoxy) is 2. The highest BCUT2D eigenvalue weighted by atomic mass is 16.5. The molecular weight excluding hydrogens is 268 g/mol. The molecule has 0 saturated carbocycles. The maximum Gasteiger partial charge on any atom is 0.138 e. The van der Waals surface area contributed by atoms with Crippen LogP contribution in [0.2, 0.25) is 0 Å². The summed E-state index contributed by atoms with van der Waals surface area (Å²) in [6.45, 7) is 6.68. The first-order chi connectivity index (χ1) is 10.1. The lowest BCUT2D eigenvalue weighted by atomic mass is 10.1. The van der Waals surface area contributed by atoms with Crippen LogP contribution in [0.4, 0.5) is 0 Å². The Morgan fingerprint density at radius 3 is 2.57 bits per heavy atom. The topological polar surface area (TPSA) is 56.5 Å². The van der Waals surface area contributed by atoms with Crippen LogP contribution in [0, 0.1) is 13.8 Å². The van der Waals surface area contributed by atoms with Gasteiger partial charge in [-0.05, 0) is 26.8 Å². The quantitative estimate of drug-likeness (QED) is 0.885. The minimum Gasteiger partial charge on any atom is -0.497 e. The Morgan fingerprint density at radius 1 is 1.24 bits per heavy atom. The van der Waals surface area contributed by atoms with Crippen molar-refractivity contribution in [2.24, 2.45) is 0 Å². The molecule has 21 heavy (non-hydrogen) atoms. The summed E-state index contributed by atoms with van der Waals surface area (Å²) in [7, 11) is 3.31. The monoisotopic (exact) mass is 290 g/mol. The highest BCUT2D eigenvalue weighted by molar-refractivity contribution is 5.40. The van der Waals surface area contributed by atoms with Gasteiger partial charge in [0.2, 0.25) is 0 Å². The predicted octanol–water partition coefficient (Wildman–Crippen LogP) is 3.16. The van der Waals surface area contributed by atoms with Crippen molar-refractivity contribution in [2.75, 3.05) is 14.2 Å². The largest absolute Gasteiger partial charge is 0.497 e. The van der Waals surface area contributed by atoms with Gasteiger partial charge in [-0.15, -0.1) is 0 Å². The predicted molar refractivity (Wildman–Crippen MR) is 80.8 cm³/mol. The van der Waals surface area contributed by atoms with E-state index in [1.165, 1.54) is 0 Å². The van der Waals surface area contributed by atoms with E-state index < -0.39 is 0 Å². The SMILES string of the molecule is COc1ccc(CNC(C)c2c(C)noc2C)c(OC)c1. The van der Waals surface area contributed by atoms with Gasteiger partial charge in [0.05, 0.1) is 19.9 Å². The van der Waals surface area contributed by atoms with E-state index in [0.29, 0.717) is 6.54 Å². The van der Waals surface area contributed by atoms with Gasteiger partial charge < -0.3 is 19.3 Å². The van der Waals surface area contributed by atoms with Gasteiger partial charge in [0, 0.05) is 29.8 Å². The average molecular weight is 290 g/mol. The van der Waals surface area contributed by atoms with E-state index in [9.17, 15) is 0 Å². The van der Waals surface area contributed by atoms with Crippen molar-refractivity contribution in [3.05, 3.63) is 40.8 Å². The van der Waals surface area contributed by atoms with E-state index in [-0.39, 0.29) is 6.04 Å². The van der Waals surface area contributed by atoms with E-state index >= 15 is 0 Å². The lowest BCUT2D eigenvalue weighted by molar-refractivity contribution is 0.387. The summed E-state index contributed by atoms with van der Waals surface area (Å²) in [5.74, 6) is 2.45. The van der Waals surface area contributed by atoms with Crippen molar-refractivity contribution < 1.29 is 14.0 Å². The number of rotatable bonds is 6. The summed E-state index contributed by atoms with van der Waals surface area (Å²) in [4.78, 5) is 0. The highest BCUT2D eigenvalue weighted by Gasteiger charge is 2.16. The molecule has 0 bridgehead atoms. The summed E-state index contributed by atoms with van der Waals surface area (Å²) in [6.07, 6.45) is 0. The zero-order valence-corrected chi connectivity index (χ0v) is 13.2. The van der Waals surface area contributed by atoms with Crippen LogP contribution in [0.15, 0.2) is 22.7 Å². The molecule has 114 valence electrons. The van der Waals surface area contributed by atoms with Crippen LogP contribution in [-0.4, -0.2) is 19.4 Å². The molecule has 1 heterocycles. The smallest absolute Gasteiger partial charge is 0.138 e. The van der Waals surface area contributed by atoms with Gasteiger partial charge >= 0.3 is 0 Å². The molecule has 1 aromatic heterocycles. The number of benzene rings is 1. The van der Waals surface area contributed by atoms with Crippen LogP contribution in [0.25, 0.3) is 0 Å². The molecule has 0 radical (unpaired) electrons. The normalized spacial score (nSPS) is 12.2. The van der Waals surface area contributed by atoms with Gasteiger partial charge in [-0.3, -0.25) is 0 Å². The lowest BCUT2D eigenvalue weighted by Crippen LogP contribution is -2.19. The summed E-state index contributed by atoms with van der Waals surface area (Å²) in [5, 5.41) is 7.47. The molecule has 0 aliphatic heterocycles. The number of methoxy groups -OCH3 is 2. The molecule has 1 N–H and O–H groups in total. The Balaban J connectivity index is 2.09. The summed E-state index contributed by atoms with van der Waals surface area (Å²) >= 11 is 0. The minimum atomic E-state index is 0.156. The third-order valence-corrected chi connectivity index (χ3v) is 3.61. The van der Waals surface area contributed by atoms with Crippen molar-refractivity contribution in [2.45, 2.75) is 33.4 Å². The third kappa shape index (κ3) is 3.36. The van der Waals surface area contributed by atoms with Crippen molar-refractivity contribution in [1.82, 2.24) is 10.5 Å². The molecule has 5 nitrogen and oxygen atoms in total. The molecule has 1 unspecified atom stereocenters. The minimum absolute atomic E-state index is 0.156. The van der Waals surface area contributed by atoms with Crippen LogP contribution >= 0.6 is 0 Å². The van der Waals surface area contributed by atoms with Crippen LogP contribution < -0.4 is 14.8 Å². The van der Waals surface area contributed by atoms with Crippen molar-refractivity contribution >= 4 is 0 Å². The van der Waals surface area contributed by atoms with Crippen molar-refractivity contribution in [3.63, 3.8) is 0 Å².